The fourth-order valence-corrected chi connectivity index (χ4v) is 4.04. The number of rotatable bonds is 6. The van der Waals surface area contributed by atoms with Gasteiger partial charge in [0, 0.05) is 25.2 Å². The molecule has 29 heavy (non-hydrogen) atoms. The van der Waals surface area contributed by atoms with Crippen LogP contribution < -0.4 is 9.64 Å². The first-order valence-corrected chi connectivity index (χ1v) is 9.87. The van der Waals surface area contributed by atoms with Gasteiger partial charge in [0.25, 0.3) is 0 Å². The fourth-order valence-electron chi connectivity index (χ4n) is 4.04. The van der Waals surface area contributed by atoms with Gasteiger partial charge in [-0.15, -0.1) is 0 Å². The highest BCUT2D eigenvalue weighted by atomic mass is 19.4. The highest BCUT2D eigenvalue weighted by molar-refractivity contribution is 5.93. The number of aromatic nitrogens is 2. The second kappa shape index (κ2) is 7.85. The Balaban J connectivity index is 1.45. The van der Waals surface area contributed by atoms with Crippen molar-refractivity contribution in [3.8, 4) is 6.01 Å². The number of methoxy groups -OCH3 is 1. The Morgan fingerprint density at radius 3 is 2.72 bits per heavy atom. The van der Waals surface area contributed by atoms with E-state index < -0.39 is 12.1 Å². The van der Waals surface area contributed by atoms with Gasteiger partial charge in [-0.1, -0.05) is 0 Å². The first kappa shape index (κ1) is 20.0. The number of halogens is 3. The van der Waals surface area contributed by atoms with Gasteiger partial charge in [0.1, 0.15) is 0 Å². The molecule has 0 spiro atoms. The molecule has 2 atom stereocenters. The Bertz CT molecular complexity index is 890. The molecule has 1 aromatic carbocycles. The van der Waals surface area contributed by atoms with E-state index in [1.807, 2.05) is 18.2 Å². The molecular weight excluding hydrogens is 387 g/mol. The molecular formula is C20H24F3N3O3. The lowest BCUT2D eigenvalue weighted by molar-refractivity contribution is -0.151. The van der Waals surface area contributed by atoms with Crippen LogP contribution in [-0.4, -0.2) is 55.0 Å². The Morgan fingerprint density at radius 1 is 1.31 bits per heavy atom. The number of carbonyl (C=O) groups is 1. The molecule has 4 rings (SSSR count). The van der Waals surface area contributed by atoms with E-state index in [4.69, 9.17) is 9.47 Å². The van der Waals surface area contributed by atoms with Gasteiger partial charge in [0.05, 0.1) is 37.3 Å². The highest BCUT2D eigenvalue weighted by Gasteiger charge is 2.54. The molecule has 2 aromatic rings. The highest BCUT2D eigenvalue weighted by Crippen LogP contribution is 2.52. The molecule has 1 aliphatic carbocycles. The average Bonchev–Trinajstić information content (AvgIpc) is 3.40. The van der Waals surface area contributed by atoms with Gasteiger partial charge >= 0.3 is 12.2 Å². The maximum absolute atomic E-state index is 12.8. The van der Waals surface area contributed by atoms with E-state index in [0.29, 0.717) is 37.1 Å². The molecule has 1 aromatic heterocycles. The van der Waals surface area contributed by atoms with Gasteiger partial charge in [0.2, 0.25) is 5.91 Å². The zero-order valence-electron chi connectivity index (χ0n) is 16.2. The molecule has 1 saturated carbocycles. The molecule has 0 N–H and O–H groups in total. The molecule has 0 bridgehead atoms. The number of carbonyl (C=O) groups excluding carboxylic acids is 1. The summed E-state index contributed by atoms with van der Waals surface area (Å²) in [6.07, 6.45) is -2.94. The number of imidazole rings is 1. The second-order valence-corrected chi connectivity index (χ2v) is 7.64. The standard InChI is InChI=1S/C20H24F3N3O3/c1-28-19-24-16-12-14(25-7-9-29-10-8-25)5-6-17(16)26(19)18(27)4-2-3-13-11-15(13)20(21,22)23/h5-6,12-13,15H,2-4,7-11H2,1H3. The van der Waals surface area contributed by atoms with Crippen molar-refractivity contribution < 1.29 is 27.4 Å². The third-order valence-electron chi connectivity index (χ3n) is 5.72. The lowest BCUT2D eigenvalue weighted by atomic mass is 10.1. The molecule has 6 nitrogen and oxygen atoms in total. The summed E-state index contributed by atoms with van der Waals surface area (Å²) in [5.74, 6) is -1.76. The first-order valence-electron chi connectivity index (χ1n) is 9.87. The van der Waals surface area contributed by atoms with E-state index in [0.717, 1.165) is 18.8 Å². The van der Waals surface area contributed by atoms with Gasteiger partial charge in [-0.2, -0.15) is 18.2 Å². The number of nitrogens with zero attached hydrogens (tertiary/aromatic N) is 3. The van der Waals surface area contributed by atoms with Crippen molar-refractivity contribution >= 4 is 22.6 Å². The zero-order valence-corrected chi connectivity index (χ0v) is 16.2. The molecule has 9 heteroatoms. The predicted molar refractivity (Wildman–Crippen MR) is 101 cm³/mol. The summed E-state index contributed by atoms with van der Waals surface area (Å²) in [5.41, 5.74) is 2.30. The van der Waals surface area contributed by atoms with Crippen LogP contribution in [0.15, 0.2) is 18.2 Å². The minimum absolute atomic E-state index is 0.161. The van der Waals surface area contributed by atoms with E-state index in [1.54, 1.807) is 0 Å². The number of anilines is 1. The van der Waals surface area contributed by atoms with Crippen molar-refractivity contribution in [1.29, 1.82) is 0 Å². The van der Waals surface area contributed by atoms with E-state index in [-0.39, 0.29) is 30.7 Å². The maximum Gasteiger partial charge on any atom is 0.392 e. The van der Waals surface area contributed by atoms with Crippen LogP contribution >= 0.6 is 0 Å². The van der Waals surface area contributed by atoms with Gasteiger partial charge in [-0.25, -0.2) is 4.57 Å². The van der Waals surface area contributed by atoms with Crippen molar-refractivity contribution in [3.05, 3.63) is 18.2 Å². The zero-order chi connectivity index (χ0) is 20.6. The minimum Gasteiger partial charge on any atom is -0.468 e. The van der Waals surface area contributed by atoms with Crippen LogP contribution in [0.4, 0.5) is 18.9 Å². The first-order chi connectivity index (χ1) is 13.9. The third-order valence-corrected chi connectivity index (χ3v) is 5.72. The summed E-state index contributed by atoms with van der Waals surface area (Å²) in [5, 5.41) is 0. The summed E-state index contributed by atoms with van der Waals surface area (Å²) < 4.78 is 50.0. The summed E-state index contributed by atoms with van der Waals surface area (Å²) in [7, 11) is 1.45. The molecule has 1 saturated heterocycles. The van der Waals surface area contributed by atoms with Gasteiger partial charge in [-0.3, -0.25) is 4.79 Å². The lowest BCUT2D eigenvalue weighted by Gasteiger charge is -2.28. The van der Waals surface area contributed by atoms with Crippen LogP contribution in [0.3, 0.4) is 0 Å². The normalized spacial score (nSPS) is 22.1. The Kier molecular flexibility index (Phi) is 5.42. The molecule has 0 radical (unpaired) electrons. The fraction of sp³-hybridized carbons (Fsp3) is 0.600. The maximum atomic E-state index is 12.8. The number of alkyl halides is 3. The van der Waals surface area contributed by atoms with Gasteiger partial charge in [0.15, 0.2) is 0 Å². The molecule has 2 heterocycles. The molecule has 1 aliphatic heterocycles. The van der Waals surface area contributed by atoms with Gasteiger partial charge < -0.3 is 14.4 Å². The Hall–Kier alpha value is -2.29. The van der Waals surface area contributed by atoms with Crippen molar-refractivity contribution in [2.24, 2.45) is 11.8 Å². The smallest absolute Gasteiger partial charge is 0.392 e. The van der Waals surface area contributed by atoms with E-state index in [9.17, 15) is 18.0 Å². The van der Waals surface area contributed by atoms with E-state index in [1.165, 1.54) is 11.7 Å². The topological polar surface area (TPSA) is 56.6 Å². The van der Waals surface area contributed by atoms with E-state index >= 15 is 0 Å². The summed E-state index contributed by atoms with van der Waals surface area (Å²) in [6.45, 7) is 2.93. The van der Waals surface area contributed by atoms with Crippen LogP contribution in [0.1, 0.15) is 30.5 Å². The van der Waals surface area contributed by atoms with Crippen LogP contribution in [0, 0.1) is 11.8 Å². The van der Waals surface area contributed by atoms with Crippen LogP contribution in [0.2, 0.25) is 0 Å². The monoisotopic (exact) mass is 411 g/mol. The summed E-state index contributed by atoms with van der Waals surface area (Å²) in [6, 6.07) is 5.90. The van der Waals surface area contributed by atoms with Crippen molar-refractivity contribution in [2.75, 3.05) is 38.3 Å². The predicted octanol–water partition coefficient (Wildman–Crippen LogP) is 3.89. The largest absolute Gasteiger partial charge is 0.468 e. The SMILES string of the molecule is COc1nc2cc(N3CCOCC3)ccc2n1C(=O)CCCC1CC1C(F)(F)F. The number of hydrogen-bond donors (Lipinski definition) is 0. The number of morpholine rings is 1. The average molecular weight is 411 g/mol. The molecule has 2 fully saturated rings. The Morgan fingerprint density at radius 2 is 2.07 bits per heavy atom. The molecule has 158 valence electrons. The second-order valence-electron chi connectivity index (χ2n) is 7.64. The number of hydrogen-bond acceptors (Lipinski definition) is 5. The quantitative estimate of drug-likeness (QED) is 0.722. The van der Waals surface area contributed by atoms with Gasteiger partial charge in [-0.05, 0) is 43.4 Å². The summed E-state index contributed by atoms with van der Waals surface area (Å²) >= 11 is 0. The molecule has 2 aliphatic rings. The van der Waals surface area contributed by atoms with E-state index in [2.05, 4.69) is 9.88 Å². The van der Waals surface area contributed by atoms with Crippen LogP contribution in [0.5, 0.6) is 6.01 Å². The van der Waals surface area contributed by atoms with Crippen molar-refractivity contribution in [1.82, 2.24) is 9.55 Å². The number of benzene rings is 1. The lowest BCUT2D eigenvalue weighted by Crippen LogP contribution is -2.36. The molecule has 2 unspecified atom stereocenters. The van der Waals surface area contributed by atoms with Crippen molar-refractivity contribution in [3.63, 3.8) is 0 Å². The van der Waals surface area contributed by atoms with Crippen LogP contribution in [-0.2, 0) is 4.74 Å². The number of fused-ring (bicyclic) bond motifs is 1. The Labute approximate surface area is 166 Å². The minimum atomic E-state index is -4.11. The van der Waals surface area contributed by atoms with Crippen LogP contribution in [0.25, 0.3) is 11.0 Å². The van der Waals surface area contributed by atoms with Crippen molar-refractivity contribution in [2.45, 2.75) is 31.9 Å². The number of ether oxygens (including phenoxy) is 2. The molecule has 0 amide bonds. The third kappa shape index (κ3) is 4.19. The summed E-state index contributed by atoms with van der Waals surface area (Å²) in [4.78, 5) is 19.4.